The average Bonchev–Trinajstić information content (AvgIpc) is 3.43. The van der Waals surface area contributed by atoms with E-state index in [4.69, 9.17) is 22.1 Å². The lowest BCUT2D eigenvalue weighted by Crippen LogP contribution is -2.47. The number of primary amides is 1. The number of nitrogens with two attached hydrogens (primary N) is 1. The number of rotatable bonds is 7. The van der Waals surface area contributed by atoms with Crippen molar-refractivity contribution in [3.63, 3.8) is 0 Å². The van der Waals surface area contributed by atoms with E-state index in [-0.39, 0.29) is 12.0 Å². The van der Waals surface area contributed by atoms with Crippen LogP contribution in [-0.4, -0.2) is 45.7 Å². The second-order valence-electron chi connectivity index (χ2n) is 8.42. The number of thiophene rings is 1. The first-order chi connectivity index (χ1) is 16.9. The number of imidazole rings is 1. The Morgan fingerprint density at radius 3 is 2.91 bits per heavy atom. The van der Waals surface area contributed by atoms with Gasteiger partial charge in [0.05, 0.1) is 23.3 Å². The minimum absolute atomic E-state index is 0.0387. The van der Waals surface area contributed by atoms with Crippen LogP contribution < -0.4 is 15.8 Å². The number of nitrogens with zero attached hydrogens (tertiary/aromatic N) is 3. The van der Waals surface area contributed by atoms with Crippen molar-refractivity contribution in [1.82, 2.24) is 19.6 Å². The second kappa shape index (κ2) is 9.69. The topological polar surface area (TPSA) is 102 Å². The molecule has 0 radical (unpaired) electrons. The van der Waals surface area contributed by atoms with Gasteiger partial charge in [0.15, 0.2) is 0 Å². The van der Waals surface area contributed by atoms with Crippen LogP contribution in [-0.2, 0) is 11.3 Å². The summed E-state index contributed by atoms with van der Waals surface area (Å²) in [5.74, 6) is -0.104. The van der Waals surface area contributed by atoms with Crippen LogP contribution >= 0.6 is 22.9 Å². The Bertz CT molecular complexity index is 1420. The number of benzene rings is 1. The van der Waals surface area contributed by atoms with Crippen molar-refractivity contribution >= 4 is 40.4 Å². The number of amides is 2. The molecular weight excluding hydrogens is 486 g/mol. The van der Waals surface area contributed by atoms with Crippen molar-refractivity contribution in [3.8, 4) is 16.3 Å². The van der Waals surface area contributed by atoms with Crippen LogP contribution in [0.2, 0.25) is 5.02 Å². The second-order valence-corrected chi connectivity index (χ2v) is 9.88. The molecule has 5 rings (SSSR count). The Labute approximate surface area is 211 Å². The SMILES string of the molecule is C[C@@H](Oc1cc(-c2cnc3ccc(CN4CCNC(=O)C4)cn23)sc1C(N)=O)c1ccccc1Cl. The van der Waals surface area contributed by atoms with Gasteiger partial charge in [-0.3, -0.25) is 18.9 Å². The molecule has 1 aliphatic rings. The Hall–Kier alpha value is -3.40. The van der Waals surface area contributed by atoms with Gasteiger partial charge in [-0.25, -0.2) is 4.98 Å². The van der Waals surface area contributed by atoms with Crippen molar-refractivity contribution in [2.75, 3.05) is 19.6 Å². The van der Waals surface area contributed by atoms with Gasteiger partial charge in [-0.2, -0.15) is 0 Å². The molecule has 1 aliphatic heterocycles. The summed E-state index contributed by atoms with van der Waals surface area (Å²) in [6.45, 7) is 4.37. The van der Waals surface area contributed by atoms with Crippen molar-refractivity contribution in [2.24, 2.45) is 5.73 Å². The lowest BCUT2D eigenvalue weighted by molar-refractivity contribution is -0.124. The van der Waals surface area contributed by atoms with Gasteiger partial charge in [0.25, 0.3) is 5.91 Å². The minimum Gasteiger partial charge on any atom is -0.484 e. The molecule has 10 heteroatoms. The van der Waals surface area contributed by atoms with Gasteiger partial charge >= 0.3 is 0 Å². The fourth-order valence-electron chi connectivity index (χ4n) is 4.20. The predicted molar refractivity (Wildman–Crippen MR) is 136 cm³/mol. The monoisotopic (exact) mass is 509 g/mol. The van der Waals surface area contributed by atoms with Gasteiger partial charge in [-0.05, 0) is 24.6 Å². The van der Waals surface area contributed by atoms with Crippen LogP contribution in [0.25, 0.3) is 16.2 Å². The highest BCUT2D eigenvalue weighted by Crippen LogP contribution is 2.39. The molecule has 35 heavy (non-hydrogen) atoms. The zero-order valence-electron chi connectivity index (χ0n) is 19.0. The van der Waals surface area contributed by atoms with Crippen molar-refractivity contribution in [1.29, 1.82) is 0 Å². The summed E-state index contributed by atoms with van der Waals surface area (Å²) in [7, 11) is 0. The third-order valence-corrected chi connectivity index (χ3v) is 7.41. The average molecular weight is 510 g/mol. The van der Waals surface area contributed by atoms with E-state index in [0.29, 0.717) is 35.3 Å². The molecule has 0 saturated carbocycles. The first-order valence-corrected chi connectivity index (χ1v) is 12.4. The standard InChI is InChI=1S/C25H24ClN5O3S/c1-15(17-4-2-3-5-18(17)26)34-20-10-21(35-24(20)25(27)33)19-11-29-22-7-6-16(13-31(19)22)12-30-9-8-28-23(32)14-30/h2-7,10-11,13,15H,8-9,12,14H2,1H3,(H2,27,33)(H,28,32)/t15-/m1/s1. The molecule has 4 heterocycles. The summed E-state index contributed by atoms with van der Waals surface area (Å²) >= 11 is 7.59. The third kappa shape index (κ3) is 4.88. The summed E-state index contributed by atoms with van der Waals surface area (Å²) < 4.78 is 8.13. The number of carbonyl (C=O) groups excluding carboxylic acids is 2. The van der Waals surface area contributed by atoms with Crippen LogP contribution in [0.1, 0.15) is 33.8 Å². The quantitative estimate of drug-likeness (QED) is 0.393. The molecule has 1 fully saturated rings. The number of halogens is 1. The zero-order valence-corrected chi connectivity index (χ0v) is 20.6. The number of fused-ring (bicyclic) bond motifs is 1. The molecule has 0 spiro atoms. The maximum absolute atomic E-state index is 12.2. The zero-order chi connectivity index (χ0) is 24.5. The van der Waals surface area contributed by atoms with E-state index >= 15 is 0 Å². The number of aromatic nitrogens is 2. The molecule has 0 unspecified atom stereocenters. The number of ether oxygens (including phenoxy) is 1. The Kier molecular flexibility index (Phi) is 6.46. The van der Waals surface area contributed by atoms with Gasteiger partial charge in [-0.15, -0.1) is 11.3 Å². The molecule has 1 atom stereocenters. The van der Waals surface area contributed by atoms with E-state index < -0.39 is 5.91 Å². The molecule has 180 valence electrons. The van der Waals surface area contributed by atoms with E-state index in [1.807, 2.05) is 53.9 Å². The Morgan fingerprint density at radius 1 is 1.31 bits per heavy atom. The first-order valence-electron chi connectivity index (χ1n) is 11.2. The first kappa shape index (κ1) is 23.3. The van der Waals surface area contributed by atoms with Crippen molar-refractivity contribution in [3.05, 3.63) is 75.9 Å². The number of hydrogen-bond acceptors (Lipinski definition) is 6. The molecule has 1 aromatic carbocycles. The van der Waals surface area contributed by atoms with E-state index in [2.05, 4.69) is 15.2 Å². The lowest BCUT2D eigenvalue weighted by Gasteiger charge is -2.26. The van der Waals surface area contributed by atoms with Gasteiger partial charge in [0.1, 0.15) is 22.4 Å². The van der Waals surface area contributed by atoms with Gasteiger partial charge in [-0.1, -0.05) is 35.9 Å². The highest BCUT2D eigenvalue weighted by Gasteiger charge is 2.22. The minimum atomic E-state index is -0.555. The van der Waals surface area contributed by atoms with Gasteiger partial charge < -0.3 is 15.8 Å². The van der Waals surface area contributed by atoms with E-state index in [0.717, 1.165) is 33.9 Å². The molecule has 0 aliphatic carbocycles. The smallest absolute Gasteiger partial charge is 0.262 e. The van der Waals surface area contributed by atoms with E-state index in [9.17, 15) is 9.59 Å². The number of pyridine rings is 1. The summed E-state index contributed by atoms with van der Waals surface area (Å²) in [4.78, 5) is 31.7. The highest BCUT2D eigenvalue weighted by molar-refractivity contribution is 7.17. The summed E-state index contributed by atoms with van der Waals surface area (Å²) in [5, 5.41) is 3.44. The maximum Gasteiger partial charge on any atom is 0.262 e. The summed E-state index contributed by atoms with van der Waals surface area (Å²) in [6.07, 6.45) is 3.41. The number of hydrogen-bond donors (Lipinski definition) is 2. The van der Waals surface area contributed by atoms with Crippen LogP contribution in [0, 0.1) is 0 Å². The van der Waals surface area contributed by atoms with Crippen LogP contribution in [0.3, 0.4) is 0 Å². The van der Waals surface area contributed by atoms with Crippen LogP contribution in [0.15, 0.2) is 54.9 Å². The van der Waals surface area contributed by atoms with Crippen molar-refractivity contribution in [2.45, 2.75) is 19.6 Å². The fourth-order valence-corrected chi connectivity index (χ4v) is 5.44. The third-order valence-electron chi connectivity index (χ3n) is 5.91. The van der Waals surface area contributed by atoms with Gasteiger partial charge in [0, 0.05) is 42.5 Å². The molecule has 3 aromatic heterocycles. The molecule has 3 N–H and O–H groups in total. The fraction of sp³-hybridized carbons (Fsp3) is 0.240. The number of nitrogens with one attached hydrogen (secondary N) is 1. The highest BCUT2D eigenvalue weighted by atomic mass is 35.5. The molecule has 0 bridgehead atoms. The maximum atomic E-state index is 12.2. The lowest BCUT2D eigenvalue weighted by atomic mass is 10.1. The summed E-state index contributed by atoms with van der Waals surface area (Å²) in [6, 6.07) is 13.2. The summed E-state index contributed by atoms with van der Waals surface area (Å²) in [5.41, 5.74) is 9.17. The molecule has 8 nitrogen and oxygen atoms in total. The van der Waals surface area contributed by atoms with Gasteiger partial charge in [0.2, 0.25) is 5.91 Å². The predicted octanol–water partition coefficient (Wildman–Crippen LogP) is 3.89. The molecular formula is C25H24ClN5O3S. The van der Waals surface area contributed by atoms with Crippen LogP contribution in [0.5, 0.6) is 5.75 Å². The Morgan fingerprint density at radius 2 is 2.14 bits per heavy atom. The largest absolute Gasteiger partial charge is 0.484 e. The normalized spacial score (nSPS) is 15.2. The van der Waals surface area contributed by atoms with E-state index in [1.165, 1.54) is 11.3 Å². The van der Waals surface area contributed by atoms with E-state index in [1.54, 1.807) is 12.3 Å². The Balaban J connectivity index is 1.45. The van der Waals surface area contributed by atoms with Crippen molar-refractivity contribution < 1.29 is 14.3 Å². The molecule has 4 aromatic rings. The number of piperazine rings is 1. The van der Waals surface area contributed by atoms with Crippen LogP contribution in [0.4, 0.5) is 0 Å². The number of carbonyl (C=O) groups is 2. The molecule has 1 saturated heterocycles. The molecule has 2 amide bonds.